The van der Waals surface area contributed by atoms with Crippen molar-refractivity contribution in [3.8, 4) is 11.3 Å². The van der Waals surface area contributed by atoms with Crippen molar-refractivity contribution in [1.82, 2.24) is 29.9 Å². The van der Waals surface area contributed by atoms with Gasteiger partial charge in [-0.1, -0.05) is 0 Å². The van der Waals surface area contributed by atoms with Crippen molar-refractivity contribution in [3.63, 3.8) is 0 Å². The van der Waals surface area contributed by atoms with Crippen molar-refractivity contribution in [2.75, 3.05) is 65.2 Å². The predicted octanol–water partition coefficient (Wildman–Crippen LogP) is 1.52. The fraction of sp³-hybridized carbons (Fsp3) is 0.435. The third-order valence-electron chi connectivity index (χ3n) is 6.18. The van der Waals surface area contributed by atoms with Crippen LogP contribution in [0.4, 0.5) is 5.69 Å². The second-order valence-electron chi connectivity index (χ2n) is 8.53. The third kappa shape index (κ3) is 3.71. The Bertz CT molecular complexity index is 1110. The number of ketones is 1. The first kappa shape index (κ1) is 20.1. The SMILES string of the molecule is CN(C)CCn1nc2c3c(c(NCCN4CCNCC4)ccc31)C(=O)c1ccncc1-2. The molecule has 1 aliphatic heterocycles. The molecule has 2 aliphatic rings. The smallest absolute Gasteiger partial charge is 0.196 e. The maximum Gasteiger partial charge on any atom is 0.196 e. The van der Waals surface area contributed by atoms with Crippen LogP contribution < -0.4 is 10.6 Å². The molecule has 1 aromatic carbocycles. The molecule has 162 valence electrons. The monoisotopic (exact) mass is 419 g/mol. The number of carbonyl (C=O) groups excluding carboxylic acids is 1. The second-order valence-corrected chi connectivity index (χ2v) is 8.53. The number of carbonyl (C=O) groups is 1. The number of piperazine rings is 1. The van der Waals surface area contributed by atoms with Gasteiger partial charge in [-0.15, -0.1) is 0 Å². The number of fused-ring (bicyclic) bond motifs is 2. The van der Waals surface area contributed by atoms with E-state index in [9.17, 15) is 4.79 Å². The van der Waals surface area contributed by atoms with Crippen molar-refractivity contribution in [1.29, 1.82) is 0 Å². The number of aromatic nitrogens is 3. The van der Waals surface area contributed by atoms with Gasteiger partial charge < -0.3 is 15.5 Å². The van der Waals surface area contributed by atoms with Crippen molar-refractivity contribution in [3.05, 3.63) is 41.7 Å². The molecule has 1 fully saturated rings. The first-order valence-corrected chi connectivity index (χ1v) is 11.0. The predicted molar refractivity (Wildman–Crippen MR) is 123 cm³/mol. The van der Waals surface area contributed by atoms with E-state index in [0.717, 1.165) is 85.8 Å². The summed E-state index contributed by atoms with van der Waals surface area (Å²) in [5, 5.41) is 12.8. The summed E-state index contributed by atoms with van der Waals surface area (Å²) in [6.45, 7) is 7.62. The standard InChI is InChI=1S/C23H29N7O/c1-28(2)13-14-30-19-4-3-18(26-9-12-29-10-7-24-8-11-29)20-21(19)22(27-30)17-15-25-6-5-16(17)23(20)31/h3-6,15,24,26H,7-14H2,1-2H3. The number of nitrogens with one attached hydrogen (secondary N) is 2. The molecule has 0 atom stereocenters. The molecule has 1 aliphatic carbocycles. The van der Waals surface area contributed by atoms with E-state index in [1.807, 2.05) is 16.8 Å². The first-order valence-electron chi connectivity index (χ1n) is 11.0. The lowest BCUT2D eigenvalue weighted by molar-refractivity contribution is 0.104. The molecule has 0 radical (unpaired) electrons. The molecule has 8 nitrogen and oxygen atoms in total. The van der Waals surface area contributed by atoms with Gasteiger partial charge in [-0.05, 0) is 32.3 Å². The normalized spacial score (nSPS) is 16.2. The van der Waals surface area contributed by atoms with Crippen LogP contribution in [0, 0.1) is 0 Å². The zero-order valence-corrected chi connectivity index (χ0v) is 18.2. The van der Waals surface area contributed by atoms with Crippen LogP contribution in [-0.4, -0.2) is 90.3 Å². The van der Waals surface area contributed by atoms with Crippen molar-refractivity contribution in [2.24, 2.45) is 0 Å². The van der Waals surface area contributed by atoms with E-state index in [0.29, 0.717) is 5.56 Å². The van der Waals surface area contributed by atoms with E-state index in [1.54, 1.807) is 12.4 Å². The fourth-order valence-electron chi connectivity index (χ4n) is 4.51. The van der Waals surface area contributed by atoms with Crippen LogP contribution in [0.2, 0.25) is 0 Å². The Morgan fingerprint density at radius 3 is 2.77 bits per heavy atom. The number of hydrogen-bond acceptors (Lipinski definition) is 7. The Morgan fingerprint density at radius 1 is 1.13 bits per heavy atom. The Labute approximate surface area is 182 Å². The van der Waals surface area contributed by atoms with E-state index in [4.69, 9.17) is 5.10 Å². The van der Waals surface area contributed by atoms with Crippen LogP contribution in [-0.2, 0) is 6.54 Å². The van der Waals surface area contributed by atoms with Gasteiger partial charge in [0.15, 0.2) is 5.78 Å². The number of pyridine rings is 1. The average Bonchev–Trinajstić information content (AvgIpc) is 3.16. The minimum Gasteiger partial charge on any atom is -0.383 e. The van der Waals surface area contributed by atoms with Crippen LogP contribution >= 0.6 is 0 Å². The Balaban J connectivity index is 1.52. The van der Waals surface area contributed by atoms with Gasteiger partial charge in [-0.25, -0.2) is 0 Å². The minimum absolute atomic E-state index is 0.0485. The zero-order chi connectivity index (χ0) is 21.4. The number of rotatable bonds is 7. The van der Waals surface area contributed by atoms with Crippen LogP contribution in [0.25, 0.3) is 22.2 Å². The Morgan fingerprint density at radius 2 is 1.97 bits per heavy atom. The molecule has 3 aromatic rings. The van der Waals surface area contributed by atoms with Crippen molar-refractivity contribution in [2.45, 2.75) is 6.54 Å². The van der Waals surface area contributed by atoms with Gasteiger partial charge >= 0.3 is 0 Å². The number of anilines is 1. The molecule has 0 saturated carbocycles. The maximum atomic E-state index is 13.5. The lowest BCUT2D eigenvalue weighted by atomic mass is 9.87. The first-order chi connectivity index (χ1) is 15.1. The lowest BCUT2D eigenvalue weighted by Gasteiger charge is -2.27. The van der Waals surface area contributed by atoms with Gasteiger partial charge in [0.25, 0.3) is 0 Å². The highest BCUT2D eigenvalue weighted by molar-refractivity contribution is 6.27. The molecular weight excluding hydrogens is 390 g/mol. The maximum absolute atomic E-state index is 13.5. The topological polar surface area (TPSA) is 78.3 Å². The summed E-state index contributed by atoms with van der Waals surface area (Å²) < 4.78 is 2.02. The Kier molecular flexibility index (Phi) is 5.43. The summed E-state index contributed by atoms with van der Waals surface area (Å²) in [6.07, 6.45) is 3.45. The third-order valence-corrected chi connectivity index (χ3v) is 6.18. The molecule has 2 aromatic heterocycles. The molecule has 31 heavy (non-hydrogen) atoms. The lowest BCUT2D eigenvalue weighted by Crippen LogP contribution is -2.45. The highest BCUT2D eigenvalue weighted by Crippen LogP contribution is 2.41. The van der Waals surface area contributed by atoms with Crippen molar-refractivity contribution < 1.29 is 4.79 Å². The summed E-state index contributed by atoms with van der Waals surface area (Å²) in [4.78, 5) is 22.4. The largest absolute Gasteiger partial charge is 0.383 e. The van der Waals surface area contributed by atoms with E-state index in [-0.39, 0.29) is 5.78 Å². The summed E-state index contributed by atoms with van der Waals surface area (Å²) in [6, 6.07) is 5.94. The second kappa shape index (κ2) is 8.37. The van der Waals surface area contributed by atoms with Crippen LogP contribution in [0.1, 0.15) is 15.9 Å². The fourth-order valence-corrected chi connectivity index (χ4v) is 4.51. The average molecular weight is 420 g/mol. The zero-order valence-electron chi connectivity index (χ0n) is 18.2. The van der Waals surface area contributed by atoms with E-state index in [2.05, 4.69) is 45.6 Å². The van der Waals surface area contributed by atoms with Crippen LogP contribution in [0.5, 0.6) is 0 Å². The highest BCUT2D eigenvalue weighted by atomic mass is 16.1. The summed E-state index contributed by atoms with van der Waals surface area (Å²) in [5.41, 5.74) is 5.00. The Hall–Kier alpha value is -2.81. The summed E-state index contributed by atoms with van der Waals surface area (Å²) >= 11 is 0. The highest BCUT2D eigenvalue weighted by Gasteiger charge is 2.31. The summed E-state index contributed by atoms with van der Waals surface area (Å²) in [5.74, 6) is 0.0485. The number of hydrogen-bond donors (Lipinski definition) is 2. The number of benzene rings is 1. The summed E-state index contributed by atoms with van der Waals surface area (Å²) in [7, 11) is 4.11. The molecule has 2 N–H and O–H groups in total. The van der Waals surface area contributed by atoms with E-state index < -0.39 is 0 Å². The van der Waals surface area contributed by atoms with Gasteiger partial charge in [0.1, 0.15) is 5.69 Å². The molecular formula is C23H29N7O. The van der Waals surface area contributed by atoms with Crippen LogP contribution in [0.15, 0.2) is 30.6 Å². The quantitative estimate of drug-likeness (QED) is 0.470. The molecule has 5 rings (SSSR count). The molecule has 0 unspecified atom stereocenters. The molecule has 0 spiro atoms. The molecule has 0 bridgehead atoms. The van der Waals surface area contributed by atoms with Gasteiger partial charge in [0.2, 0.25) is 0 Å². The minimum atomic E-state index is 0.0485. The molecule has 3 heterocycles. The molecule has 1 saturated heterocycles. The number of nitrogens with zero attached hydrogens (tertiary/aromatic N) is 5. The van der Waals surface area contributed by atoms with Crippen molar-refractivity contribution >= 4 is 22.4 Å². The molecule has 0 amide bonds. The van der Waals surface area contributed by atoms with E-state index in [1.165, 1.54) is 0 Å². The molecule has 8 heteroatoms. The van der Waals surface area contributed by atoms with E-state index >= 15 is 0 Å². The number of likely N-dealkylation sites (N-methyl/N-ethyl adjacent to an activating group) is 1. The van der Waals surface area contributed by atoms with Crippen LogP contribution in [0.3, 0.4) is 0 Å². The van der Waals surface area contributed by atoms with Gasteiger partial charge in [0.05, 0.1) is 17.6 Å². The van der Waals surface area contributed by atoms with Gasteiger partial charge in [-0.2, -0.15) is 5.10 Å². The van der Waals surface area contributed by atoms with Gasteiger partial charge in [-0.3, -0.25) is 19.4 Å². The van der Waals surface area contributed by atoms with Gasteiger partial charge in [0, 0.05) is 80.4 Å².